The first-order chi connectivity index (χ1) is 8.24. The van der Waals surface area contributed by atoms with Crippen molar-refractivity contribution in [2.75, 3.05) is 0 Å². The summed E-state index contributed by atoms with van der Waals surface area (Å²) in [6.07, 6.45) is 7.50. The van der Waals surface area contributed by atoms with E-state index in [1.165, 1.54) is 18.7 Å². The van der Waals surface area contributed by atoms with Crippen LogP contribution in [0, 0.1) is 0 Å². The lowest BCUT2D eigenvalue weighted by Crippen LogP contribution is -1.96. The van der Waals surface area contributed by atoms with E-state index in [0.717, 1.165) is 11.1 Å². The van der Waals surface area contributed by atoms with Gasteiger partial charge in [-0.15, -0.1) is 0 Å². The zero-order valence-electron chi connectivity index (χ0n) is 8.53. The fourth-order valence-corrected chi connectivity index (χ4v) is 1.61. The average Bonchev–Trinajstić information content (AvgIpc) is 2.95. The lowest BCUT2D eigenvalue weighted by molar-refractivity contribution is 0.0566. The molecule has 3 aromatic rings. The third kappa shape index (κ3) is 1.65. The molecule has 5 nitrogen and oxygen atoms in total. The Kier molecular flexibility index (Phi) is 2.10. The zero-order chi connectivity index (χ0) is 11.8. The number of nitrogens with zero attached hydrogens (tertiary/aromatic N) is 5. The predicted molar refractivity (Wildman–Crippen MR) is 55.5 cm³/mol. The molecule has 0 fully saturated rings. The number of rotatable bonds is 2. The summed E-state index contributed by atoms with van der Waals surface area (Å²) >= 11 is 0. The first-order valence-corrected chi connectivity index (χ1v) is 4.85. The summed E-state index contributed by atoms with van der Waals surface area (Å²) in [7, 11) is 0. The molecule has 0 radical (unpaired) electrons. The molecule has 0 spiro atoms. The second-order valence-corrected chi connectivity index (χ2v) is 3.49. The van der Waals surface area contributed by atoms with Crippen molar-refractivity contribution in [1.29, 1.82) is 0 Å². The lowest BCUT2D eigenvalue weighted by atomic mass is 10.2. The van der Waals surface area contributed by atoms with Crippen molar-refractivity contribution in [3.05, 3.63) is 37.2 Å². The molecule has 0 amide bonds. The molecule has 3 rings (SSSR count). The summed E-state index contributed by atoms with van der Waals surface area (Å²) in [5, 5.41) is 7.58. The molecule has 0 N–H and O–H groups in total. The number of halogens is 2. The maximum absolute atomic E-state index is 12.4. The van der Waals surface area contributed by atoms with E-state index in [4.69, 9.17) is 0 Å². The molecule has 3 aromatic heterocycles. The molecule has 0 saturated carbocycles. The van der Waals surface area contributed by atoms with Crippen LogP contribution in [0.2, 0.25) is 0 Å². The van der Waals surface area contributed by atoms with Crippen molar-refractivity contribution in [2.45, 2.75) is 6.55 Å². The number of hydrogen-bond acceptors (Lipinski definition) is 3. The van der Waals surface area contributed by atoms with Crippen LogP contribution in [0.25, 0.3) is 16.6 Å². The summed E-state index contributed by atoms with van der Waals surface area (Å²) < 4.78 is 27.0. The van der Waals surface area contributed by atoms with Gasteiger partial charge in [-0.1, -0.05) is 0 Å². The minimum Gasteiger partial charge on any atom is -0.241 e. The number of hydrogen-bond donors (Lipinski definition) is 0. The van der Waals surface area contributed by atoms with Crippen molar-refractivity contribution < 1.29 is 8.78 Å². The van der Waals surface area contributed by atoms with Gasteiger partial charge in [0.05, 0.1) is 17.9 Å². The number of alkyl halides is 2. The van der Waals surface area contributed by atoms with Gasteiger partial charge in [0.25, 0.3) is 0 Å². The van der Waals surface area contributed by atoms with Gasteiger partial charge >= 0.3 is 6.55 Å². The first kappa shape index (κ1) is 9.88. The molecule has 0 aliphatic rings. The number of fused-ring (bicyclic) bond motifs is 1. The third-order valence-corrected chi connectivity index (χ3v) is 2.41. The average molecular weight is 235 g/mol. The molecule has 0 aromatic carbocycles. The molecule has 0 aliphatic heterocycles. The monoisotopic (exact) mass is 235 g/mol. The molecule has 0 saturated heterocycles. The van der Waals surface area contributed by atoms with Crippen LogP contribution in [0.4, 0.5) is 8.78 Å². The smallest absolute Gasteiger partial charge is 0.241 e. The Labute approximate surface area is 94.3 Å². The summed E-state index contributed by atoms with van der Waals surface area (Å²) in [6, 6.07) is 1.81. The molecular weight excluding hydrogens is 228 g/mol. The maximum atomic E-state index is 12.4. The summed E-state index contributed by atoms with van der Waals surface area (Å²) in [5.41, 5.74) is 2.19. The quantitative estimate of drug-likeness (QED) is 0.682. The van der Waals surface area contributed by atoms with E-state index in [9.17, 15) is 8.78 Å². The van der Waals surface area contributed by atoms with Gasteiger partial charge in [0, 0.05) is 23.5 Å². The predicted octanol–water partition coefficient (Wildman–Crippen LogP) is 1.99. The fourth-order valence-electron chi connectivity index (χ4n) is 1.61. The van der Waals surface area contributed by atoms with Crippen LogP contribution in [0.5, 0.6) is 0 Å². The first-order valence-electron chi connectivity index (χ1n) is 4.85. The molecule has 86 valence electrons. The molecule has 7 heteroatoms. The Hall–Kier alpha value is -2.31. The molecule has 0 unspecified atom stereocenters. The van der Waals surface area contributed by atoms with E-state index < -0.39 is 6.55 Å². The van der Waals surface area contributed by atoms with Gasteiger partial charge in [-0.3, -0.25) is 0 Å². The summed E-state index contributed by atoms with van der Waals surface area (Å²) in [4.78, 5) is 3.88. The van der Waals surface area contributed by atoms with Gasteiger partial charge in [0.2, 0.25) is 0 Å². The Morgan fingerprint density at radius 2 is 1.94 bits per heavy atom. The van der Waals surface area contributed by atoms with Crippen LogP contribution in [-0.4, -0.2) is 24.4 Å². The van der Waals surface area contributed by atoms with Gasteiger partial charge in [-0.05, 0) is 6.07 Å². The van der Waals surface area contributed by atoms with Crippen LogP contribution < -0.4 is 0 Å². The van der Waals surface area contributed by atoms with Crippen molar-refractivity contribution >= 4 is 5.52 Å². The summed E-state index contributed by atoms with van der Waals surface area (Å²) in [5.74, 6) is 0. The number of aromatic nitrogens is 5. The Morgan fingerprint density at radius 1 is 1.06 bits per heavy atom. The molecule has 17 heavy (non-hydrogen) atoms. The largest absolute Gasteiger partial charge is 0.333 e. The van der Waals surface area contributed by atoms with E-state index in [1.54, 1.807) is 16.9 Å². The fraction of sp³-hybridized carbons (Fsp3) is 0.100. The standard InChI is InChI=1S/C10H7F2N5/c11-10(12)17-5-8(2-14-17)7-1-9-3-13-6-15-16(9)4-7/h1-6,10H. The Balaban J connectivity index is 2.07. The van der Waals surface area contributed by atoms with E-state index in [0.29, 0.717) is 10.2 Å². The van der Waals surface area contributed by atoms with Gasteiger partial charge in [-0.2, -0.15) is 19.0 Å². The van der Waals surface area contributed by atoms with Gasteiger partial charge in [0.1, 0.15) is 6.33 Å². The molecule has 0 atom stereocenters. The minimum absolute atomic E-state index is 0.614. The second-order valence-electron chi connectivity index (χ2n) is 3.49. The van der Waals surface area contributed by atoms with Crippen molar-refractivity contribution in [3.63, 3.8) is 0 Å². The van der Waals surface area contributed by atoms with E-state index in [2.05, 4.69) is 15.2 Å². The maximum Gasteiger partial charge on any atom is 0.333 e. The van der Waals surface area contributed by atoms with E-state index >= 15 is 0 Å². The second kappa shape index (κ2) is 3.62. The molecule has 3 heterocycles. The topological polar surface area (TPSA) is 48.0 Å². The normalized spacial score (nSPS) is 11.5. The highest BCUT2D eigenvalue weighted by atomic mass is 19.3. The van der Waals surface area contributed by atoms with Gasteiger partial charge in [0.15, 0.2) is 0 Å². The zero-order valence-corrected chi connectivity index (χ0v) is 8.53. The third-order valence-electron chi connectivity index (χ3n) is 2.41. The molecule has 0 aliphatic carbocycles. The lowest BCUT2D eigenvalue weighted by Gasteiger charge is -1.95. The van der Waals surface area contributed by atoms with Crippen LogP contribution >= 0.6 is 0 Å². The SMILES string of the molecule is FC(F)n1cc(-c2cc3cncnn3c2)cn1. The van der Waals surface area contributed by atoms with Gasteiger partial charge in [-0.25, -0.2) is 14.2 Å². The van der Waals surface area contributed by atoms with Crippen LogP contribution in [0.1, 0.15) is 6.55 Å². The van der Waals surface area contributed by atoms with Crippen molar-refractivity contribution in [2.24, 2.45) is 0 Å². The highest BCUT2D eigenvalue weighted by Gasteiger charge is 2.10. The van der Waals surface area contributed by atoms with E-state index in [1.807, 2.05) is 6.07 Å². The summed E-state index contributed by atoms with van der Waals surface area (Å²) in [6.45, 7) is -2.62. The van der Waals surface area contributed by atoms with E-state index in [-0.39, 0.29) is 0 Å². The highest BCUT2D eigenvalue weighted by Crippen LogP contribution is 2.22. The minimum atomic E-state index is -2.62. The van der Waals surface area contributed by atoms with Crippen molar-refractivity contribution in [3.8, 4) is 11.1 Å². The highest BCUT2D eigenvalue weighted by molar-refractivity contribution is 5.68. The van der Waals surface area contributed by atoms with Crippen LogP contribution in [0.3, 0.4) is 0 Å². The van der Waals surface area contributed by atoms with Gasteiger partial charge < -0.3 is 0 Å². The molecule has 0 bridgehead atoms. The van der Waals surface area contributed by atoms with Crippen molar-refractivity contribution in [1.82, 2.24) is 24.4 Å². The molecular formula is C10H7F2N5. The van der Waals surface area contributed by atoms with Crippen LogP contribution in [0.15, 0.2) is 37.2 Å². The van der Waals surface area contributed by atoms with Crippen LogP contribution in [-0.2, 0) is 0 Å². The Bertz CT molecular complexity index is 624. The Morgan fingerprint density at radius 3 is 2.65 bits per heavy atom.